The maximum atomic E-state index is 11.8. The first-order valence-electron chi connectivity index (χ1n) is 8.38. The molecule has 0 aliphatic heterocycles. The average molecular weight is 376 g/mol. The zero-order chi connectivity index (χ0) is 19.1. The lowest BCUT2D eigenvalue weighted by molar-refractivity contribution is -0.153. The highest BCUT2D eigenvalue weighted by atomic mass is 32.1. The van der Waals surface area contributed by atoms with Crippen molar-refractivity contribution in [1.29, 1.82) is 0 Å². The number of benzene rings is 1. The van der Waals surface area contributed by atoms with Crippen LogP contribution in [0, 0.1) is 5.92 Å². The third-order valence-electron chi connectivity index (χ3n) is 3.86. The topological polar surface area (TPSA) is 80.5 Å². The Morgan fingerprint density at radius 1 is 1.31 bits per heavy atom. The number of thiocarbonyl (C=S) groups is 1. The fraction of sp³-hybridized carbons (Fsp3) is 0.444. The van der Waals surface area contributed by atoms with Crippen molar-refractivity contribution in [2.45, 2.75) is 26.5 Å². The molecule has 0 amide bonds. The molecule has 0 aliphatic carbocycles. The monoisotopic (exact) mass is 376 g/mol. The highest BCUT2D eigenvalue weighted by Crippen LogP contribution is 2.16. The van der Waals surface area contributed by atoms with Crippen molar-refractivity contribution in [3.8, 4) is 11.4 Å². The van der Waals surface area contributed by atoms with Gasteiger partial charge in [-0.1, -0.05) is 54.6 Å². The molecule has 0 fully saturated rings. The summed E-state index contributed by atoms with van der Waals surface area (Å²) < 4.78 is 10.5. The zero-order valence-corrected chi connectivity index (χ0v) is 16.2. The Morgan fingerprint density at radius 3 is 2.65 bits per heavy atom. The van der Waals surface area contributed by atoms with E-state index in [1.807, 2.05) is 51.4 Å². The van der Waals surface area contributed by atoms with E-state index in [9.17, 15) is 4.79 Å². The minimum absolute atomic E-state index is 0.0282. The van der Waals surface area contributed by atoms with Crippen molar-refractivity contribution in [2.75, 3.05) is 20.6 Å². The first-order chi connectivity index (χ1) is 12.4. The van der Waals surface area contributed by atoms with Crippen LogP contribution in [0.3, 0.4) is 0 Å². The fourth-order valence-corrected chi connectivity index (χ4v) is 2.22. The summed E-state index contributed by atoms with van der Waals surface area (Å²) in [5, 5.41) is 6.93. The largest absolute Gasteiger partial charge is 0.445 e. The molecule has 2 rings (SSSR count). The number of aromatic nitrogens is 2. The Morgan fingerprint density at radius 2 is 2.00 bits per heavy atom. The van der Waals surface area contributed by atoms with Gasteiger partial charge < -0.3 is 14.6 Å². The van der Waals surface area contributed by atoms with Crippen molar-refractivity contribution in [3.63, 3.8) is 0 Å². The standard InChI is InChI=1S/C18H24N4O3S/c1-12(18(26)19-11-16(23)24-13(2)22(3)4)10-15-20-17(21-25-15)14-8-6-5-7-9-14/h5-9,12-13H,10-11H2,1-4H3,(H,19,26). The normalized spacial score (nSPS) is 13.3. The smallest absolute Gasteiger partial charge is 0.326 e. The summed E-state index contributed by atoms with van der Waals surface area (Å²) in [6, 6.07) is 9.61. The average Bonchev–Trinajstić information content (AvgIpc) is 3.08. The number of carbonyl (C=O) groups excluding carboxylic acids is 1. The lowest BCUT2D eigenvalue weighted by atomic mass is 10.1. The first-order valence-corrected chi connectivity index (χ1v) is 8.79. The maximum Gasteiger partial charge on any atom is 0.326 e. The Labute approximate surface area is 158 Å². The van der Waals surface area contributed by atoms with E-state index < -0.39 is 0 Å². The molecule has 7 nitrogen and oxygen atoms in total. The third kappa shape index (κ3) is 5.89. The van der Waals surface area contributed by atoms with Gasteiger partial charge in [-0.25, -0.2) is 0 Å². The van der Waals surface area contributed by atoms with Crippen molar-refractivity contribution in [2.24, 2.45) is 5.92 Å². The van der Waals surface area contributed by atoms with Gasteiger partial charge in [-0.15, -0.1) is 0 Å². The van der Waals surface area contributed by atoms with Gasteiger partial charge in [0.15, 0.2) is 6.23 Å². The number of nitrogens with one attached hydrogen (secondary N) is 1. The predicted octanol–water partition coefficient (Wildman–Crippen LogP) is 2.28. The van der Waals surface area contributed by atoms with Gasteiger partial charge in [0.2, 0.25) is 11.7 Å². The van der Waals surface area contributed by atoms with Crippen LogP contribution < -0.4 is 5.32 Å². The molecule has 1 aromatic carbocycles. The number of hydrogen-bond donors (Lipinski definition) is 1. The van der Waals surface area contributed by atoms with Crippen molar-refractivity contribution >= 4 is 23.2 Å². The van der Waals surface area contributed by atoms with Gasteiger partial charge in [-0.3, -0.25) is 9.69 Å². The minimum Gasteiger partial charge on any atom is -0.445 e. The molecule has 140 valence electrons. The predicted molar refractivity (Wildman–Crippen MR) is 102 cm³/mol. The van der Waals surface area contributed by atoms with Crippen LogP contribution in [0.5, 0.6) is 0 Å². The summed E-state index contributed by atoms with van der Waals surface area (Å²) >= 11 is 5.34. The summed E-state index contributed by atoms with van der Waals surface area (Å²) in [5.41, 5.74) is 0.897. The molecule has 1 aromatic heterocycles. The van der Waals surface area contributed by atoms with E-state index in [1.54, 1.807) is 11.8 Å². The fourth-order valence-electron chi connectivity index (χ4n) is 2.07. The molecule has 1 N–H and O–H groups in total. The van der Waals surface area contributed by atoms with E-state index in [0.717, 1.165) is 5.56 Å². The van der Waals surface area contributed by atoms with E-state index >= 15 is 0 Å². The van der Waals surface area contributed by atoms with Gasteiger partial charge in [0, 0.05) is 17.9 Å². The van der Waals surface area contributed by atoms with E-state index in [0.29, 0.717) is 23.1 Å². The molecule has 0 radical (unpaired) electrons. The molecular formula is C18H24N4O3S. The van der Waals surface area contributed by atoms with Gasteiger partial charge in [0.05, 0.1) is 4.99 Å². The molecule has 8 heteroatoms. The second-order valence-corrected chi connectivity index (χ2v) is 6.69. The molecule has 2 aromatic rings. The van der Waals surface area contributed by atoms with Gasteiger partial charge in [-0.05, 0) is 21.0 Å². The van der Waals surface area contributed by atoms with Crippen LogP contribution in [-0.4, -0.2) is 52.9 Å². The maximum absolute atomic E-state index is 11.8. The van der Waals surface area contributed by atoms with E-state index in [4.69, 9.17) is 21.5 Å². The summed E-state index contributed by atoms with van der Waals surface area (Å²) in [5.74, 6) is 0.648. The summed E-state index contributed by atoms with van der Waals surface area (Å²) in [4.78, 5) is 18.5. The Bertz CT molecular complexity index is 733. The number of nitrogens with zero attached hydrogens (tertiary/aromatic N) is 3. The van der Waals surface area contributed by atoms with E-state index in [2.05, 4.69) is 15.5 Å². The number of carbonyl (C=O) groups is 1. The van der Waals surface area contributed by atoms with Crippen molar-refractivity contribution in [1.82, 2.24) is 20.4 Å². The molecule has 0 spiro atoms. The van der Waals surface area contributed by atoms with Gasteiger partial charge >= 0.3 is 5.97 Å². The lowest BCUT2D eigenvalue weighted by Crippen LogP contribution is -2.37. The molecular weight excluding hydrogens is 352 g/mol. The van der Waals surface area contributed by atoms with Crippen molar-refractivity contribution in [3.05, 3.63) is 36.2 Å². The lowest BCUT2D eigenvalue weighted by Gasteiger charge is -2.20. The molecule has 2 atom stereocenters. The van der Waals surface area contributed by atoms with Crippen LogP contribution in [0.15, 0.2) is 34.9 Å². The van der Waals surface area contributed by atoms with Gasteiger partial charge in [0.25, 0.3) is 0 Å². The van der Waals surface area contributed by atoms with Crippen LogP contribution in [0.4, 0.5) is 0 Å². The molecule has 2 unspecified atom stereocenters. The Hall–Kier alpha value is -2.32. The van der Waals surface area contributed by atoms with Crippen LogP contribution in [0.25, 0.3) is 11.4 Å². The van der Waals surface area contributed by atoms with Gasteiger partial charge in [-0.2, -0.15) is 4.98 Å². The Kier molecular flexibility index (Phi) is 7.23. The van der Waals surface area contributed by atoms with Crippen LogP contribution >= 0.6 is 12.2 Å². The van der Waals surface area contributed by atoms with E-state index in [-0.39, 0.29) is 24.7 Å². The third-order valence-corrected chi connectivity index (χ3v) is 4.41. The number of ether oxygens (including phenoxy) is 1. The SMILES string of the molecule is CC(Cc1nc(-c2ccccc2)no1)C(=S)NCC(=O)OC(C)N(C)C. The molecule has 0 saturated carbocycles. The minimum atomic E-state index is -0.357. The van der Waals surface area contributed by atoms with Crippen LogP contribution in [0.1, 0.15) is 19.7 Å². The highest BCUT2D eigenvalue weighted by Gasteiger charge is 2.17. The van der Waals surface area contributed by atoms with E-state index in [1.165, 1.54) is 0 Å². The highest BCUT2D eigenvalue weighted by molar-refractivity contribution is 7.80. The number of esters is 1. The quantitative estimate of drug-likeness (QED) is 0.427. The summed E-state index contributed by atoms with van der Waals surface area (Å²) in [6.45, 7) is 3.77. The van der Waals surface area contributed by atoms with Crippen LogP contribution in [0.2, 0.25) is 0 Å². The molecule has 0 aliphatic rings. The molecule has 1 heterocycles. The van der Waals surface area contributed by atoms with Crippen LogP contribution in [-0.2, 0) is 16.0 Å². The number of hydrogen-bond acceptors (Lipinski definition) is 7. The summed E-state index contributed by atoms with van der Waals surface area (Å²) in [7, 11) is 3.68. The molecule has 0 bridgehead atoms. The number of rotatable bonds is 8. The molecule has 26 heavy (non-hydrogen) atoms. The summed E-state index contributed by atoms with van der Waals surface area (Å²) in [6.07, 6.45) is 0.208. The Balaban J connectivity index is 1.82. The van der Waals surface area contributed by atoms with Gasteiger partial charge in [0.1, 0.15) is 6.54 Å². The first kappa shape index (κ1) is 20.0. The van der Waals surface area contributed by atoms with Crippen molar-refractivity contribution < 1.29 is 14.1 Å². The molecule has 0 saturated heterocycles. The zero-order valence-electron chi connectivity index (χ0n) is 15.4. The second kappa shape index (κ2) is 9.40. The second-order valence-electron chi connectivity index (χ2n) is 6.25.